The van der Waals surface area contributed by atoms with E-state index in [2.05, 4.69) is 11.4 Å². The van der Waals surface area contributed by atoms with Crippen molar-refractivity contribution in [2.45, 2.75) is 44.3 Å². The lowest BCUT2D eigenvalue weighted by Crippen LogP contribution is -2.27. The molecule has 0 saturated heterocycles. The fourth-order valence-corrected chi connectivity index (χ4v) is 2.68. The molecule has 1 saturated carbocycles. The molecular weight excluding hydrogens is 284 g/mol. The summed E-state index contributed by atoms with van der Waals surface area (Å²) >= 11 is 0. The van der Waals surface area contributed by atoms with Gasteiger partial charge in [0.2, 0.25) is 0 Å². The number of nitrogens with one attached hydrogen (secondary N) is 1. The minimum Gasteiger partial charge on any atom is -0.381 e. The van der Waals surface area contributed by atoms with Gasteiger partial charge < -0.3 is 5.32 Å². The summed E-state index contributed by atoms with van der Waals surface area (Å²) in [6.07, 6.45) is -0.345. The van der Waals surface area contributed by atoms with Gasteiger partial charge in [-0.25, -0.2) is 4.39 Å². The second kappa shape index (κ2) is 6.33. The van der Waals surface area contributed by atoms with Crippen LogP contribution in [0, 0.1) is 23.1 Å². The van der Waals surface area contributed by atoms with Crippen LogP contribution in [0.15, 0.2) is 18.2 Å². The molecule has 2 rings (SSSR count). The zero-order valence-electron chi connectivity index (χ0n) is 11.4. The second-order valence-corrected chi connectivity index (χ2v) is 5.32. The third-order valence-corrected chi connectivity index (χ3v) is 3.81. The maximum absolute atomic E-state index is 13.3. The van der Waals surface area contributed by atoms with Crippen LogP contribution in [0.4, 0.5) is 23.2 Å². The van der Waals surface area contributed by atoms with Crippen LogP contribution < -0.4 is 5.32 Å². The third kappa shape index (κ3) is 3.87. The Balaban J connectivity index is 2.21. The van der Waals surface area contributed by atoms with Crippen molar-refractivity contribution in [1.29, 1.82) is 5.26 Å². The monoisotopic (exact) mass is 300 g/mol. The lowest BCUT2D eigenvalue weighted by molar-refractivity contribution is -0.139. The van der Waals surface area contributed by atoms with Crippen LogP contribution in [-0.4, -0.2) is 6.04 Å². The minimum atomic E-state index is -4.72. The molecule has 0 radical (unpaired) electrons. The second-order valence-electron chi connectivity index (χ2n) is 5.32. The van der Waals surface area contributed by atoms with Gasteiger partial charge in [0.05, 0.1) is 17.6 Å². The van der Waals surface area contributed by atoms with E-state index in [9.17, 15) is 17.6 Å². The highest BCUT2D eigenvalue weighted by molar-refractivity contribution is 5.48. The van der Waals surface area contributed by atoms with Crippen molar-refractivity contribution in [3.05, 3.63) is 29.6 Å². The quantitative estimate of drug-likeness (QED) is 0.633. The van der Waals surface area contributed by atoms with Gasteiger partial charge in [-0.15, -0.1) is 0 Å². The van der Waals surface area contributed by atoms with Gasteiger partial charge in [-0.1, -0.05) is 19.3 Å². The Morgan fingerprint density at radius 1 is 1.14 bits per heavy atom. The van der Waals surface area contributed by atoms with Gasteiger partial charge in [0.25, 0.3) is 0 Å². The zero-order valence-corrected chi connectivity index (χ0v) is 11.4. The number of nitriles is 1. The normalized spacial score (nSPS) is 23.2. The Morgan fingerprint density at radius 2 is 1.86 bits per heavy atom. The van der Waals surface area contributed by atoms with E-state index in [0.29, 0.717) is 0 Å². The highest BCUT2D eigenvalue weighted by Crippen LogP contribution is 2.34. The Bertz CT molecular complexity index is 533. The van der Waals surface area contributed by atoms with E-state index in [1.54, 1.807) is 0 Å². The maximum atomic E-state index is 13.3. The number of alkyl halides is 3. The van der Waals surface area contributed by atoms with Crippen molar-refractivity contribution < 1.29 is 17.6 Å². The van der Waals surface area contributed by atoms with Gasteiger partial charge in [0.1, 0.15) is 5.82 Å². The molecule has 6 heteroatoms. The van der Waals surface area contributed by atoms with Crippen molar-refractivity contribution in [1.82, 2.24) is 0 Å². The van der Waals surface area contributed by atoms with Gasteiger partial charge in [0.15, 0.2) is 0 Å². The summed E-state index contributed by atoms with van der Waals surface area (Å²) in [5.41, 5.74) is -1.08. The number of hydrogen-bond acceptors (Lipinski definition) is 2. The molecule has 1 aromatic rings. The van der Waals surface area contributed by atoms with Crippen molar-refractivity contribution in [2.75, 3.05) is 5.32 Å². The fraction of sp³-hybridized carbons (Fsp3) is 0.533. The Kier molecular flexibility index (Phi) is 4.71. The number of anilines is 1. The van der Waals surface area contributed by atoms with Gasteiger partial charge in [0, 0.05) is 11.7 Å². The molecule has 1 N–H and O–H groups in total. The lowest BCUT2D eigenvalue weighted by atomic mass is 9.96. The number of benzene rings is 1. The van der Waals surface area contributed by atoms with E-state index in [4.69, 9.17) is 5.26 Å². The van der Waals surface area contributed by atoms with E-state index >= 15 is 0 Å². The summed E-state index contributed by atoms with van der Waals surface area (Å²) in [4.78, 5) is 0. The SMILES string of the molecule is N#CC1CCCCCC1Nc1ccc(F)c(C(F)(F)F)c1. The lowest BCUT2D eigenvalue weighted by Gasteiger charge is -2.22. The van der Waals surface area contributed by atoms with Crippen LogP contribution >= 0.6 is 0 Å². The highest BCUT2D eigenvalue weighted by atomic mass is 19.4. The average molecular weight is 300 g/mol. The first kappa shape index (κ1) is 15.6. The van der Waals surface area contributed by atoms with Gasteiger partial charge in [-0.2, -0.15) is 18.4 Å². The summed E-state index contributed by atoms with van der Waals surface area (Å²) in [6.45, 7) is 0. The van der Waals surface area contributed by atoms with Crippen LogP contribution in [0.2, 0.25) is 0 Å². The molecule has 1 aromatic carbocycles. The minimum absolute atomic E-state index is 0.191. The summed E-state index contributed by atoms with van der Waals surface area (Å²) in [6, 6.07) is 4.88. The van der Waals surface area contributed by atoms with E-state index in [-0.39, 0.29) is 17.6 Å². The van der Waals surface area contributed by atoms with E-state index in [1.165, 1.54) is 6.07 Å². The Labute approximate surface area is 120 Å². The largest absolute Gasteiger partial charge is 0.419 e. The zero-order chi connectivity index (χ0) is 15.5. The van der Waals surface area contributed by atoms with Gasteiger partial charge in [-0.3, -0.25) is 0 Å². The van der Waals surface area contributed by atoms with Crippen molar-refractivity contribution in [2.24, 2.45) is 5.92 Å². The molecule has 0 aromatic heterocycles. The predicted octanol–water partition coefficient (Wildman–Crippen LogP) is 4.73. The molecule has 0 heterocycles. The average Bonchev–Trinajstić information content (AvgIpc) is 2.64. The van der Waals surface area contributed by atoms with Gasteiger partial charge in [-0.05, 0) is 31.0 Å². The third-order valence-electron chi connectivity index (χ3n) is 3.81. The predicted molar refractivity (Wildman–Crippen MR) is 71.0 cm³/mol. The first-order valence-corrected chi connectivity index (χ1v) is 6.94. The molecule has 0 amide bonds. The van der Waals surface area contributed by atoms with Crippen LogP contribution in [-0.2, 0) is 6.18 Å². The van der Waals surface area contributed by atoms with Crippen molar-refractivity contribution >= 4 is 5.69 Å². The molecule has 0 aliphatic heterocycles. The number of halogens is 4. The van der Waals surface area contributed by atoms with Crippen molar-refractivity contribution in [3.8, 4) is 6.07 Å². The van der Waals surface area contributed by atoms with E-state index < -0.39 is 17.6 Å². The van der Waals surface area contributed by atoms with Crippen LogP contribution in [0.3, 0.4) is 0 Å². The molecule has 114 valence electrons. The standard InChI is InChI=1S/C15H16F4N2/c16-13-7-6-11(8-12(13)15(17,18)19)21-14-5-3-1-2-4-10(14)9-20/h6-8,10,14,21H,1-5H2. The number of rotatable bonds is 2. The number of hydrogen-bond donors (Lipinski definition) is 1. The molecule has 0 bridgehead atoms. The fourth-order valence-electron chi connectivity index (χ4n) is 2.68. The summed E-state index contributed by atoms with van der Waals surface area (Å²) in [5, 5.41) is 12.1. The molecule has 1 aliphatic carbocycles. The first-order valence-electron chi connectivity index (χ1n) is 6.94. The van der Waals surface area contributed by atoms with Crippen LogP contribution in [0.5, 0.6) is 0 Å². The molecule has 0 spiro atoms. The Morgan fingerprint density at radius 3 is 2.52 bits per heavy atom. The van der Waals surface area contributed by atoms with Crippen LogP contribution in [0.25, 0.3) is 0 Å². The molecular formula is C15H16F4N2. The topological polar surface area (TPSA) is 35.8 Å². The van der Waals surface area contributed by atoms with Gasteiger partial charge >= 0.3 is 6.18 Å². The maximum Gasteiger partial charge on any atom is 0.419 e. The summed E-state index contributed by atoms with van der Waals surface area (Å²) in [7, 11) is 0. The Hall–Kier alpha value is -1.77. The molecule has 21 heavy (non-hydrogen) atoms. The van der Waals surface area contributed by atoms with E-state index in [0.717, 1.165) is 44.2 Å². The molecule has 2 nitrogen and oxygen atoms in total. The van der Waals surface area contributed by atoms with Crippen LogP contribution in [0.1, 0.15) is 37.7 Å². The van der Waals surface area contributed by atoms with Crippen molar-refractivity contribution in [3.63, 3.8) is 0 Å². The summed E-state index contributed by atoms with van der Waals surface area (Å²) < 4.78 is 51.3. The summed E-state index contributed by atoms with van der Waals surface area (Å²) in [5.74, 6) is -1.52. The first-order chi connectivity index (χ1) is 9.91. The molecule has 1 fully saturated rings. The molecule has 1 aliphatic rings. The molecule has 2 unspecified atom stereocenters. The smallest absolute Gasteiger partial charge is 0.381 e. The highest BCUT2D eigenvalue weighted by Gasteiger charge is 2.34. The number of nitrogens with zero attached hydrogens (tertiary/aromatic N) is 1. The molecule has 2 atom stereocenters. The van der Waals surface area contributed by atoms with E-state index in [1.807, 2.05) is 0 Å².